The predicted octanol–water partition coefficient (Wildman–Crippen LogP) is 5.57. The largest absolute Gasteiger partial charge is 0.493 e. The van der Waals surface area contributed by atoms with Gasteiger partial charge in [0.25, 0.3) is 0 Å². The van der Waals surface area contributed by atoms with Crippen LogP contribution < -0.4 is 4.74 Å². The molecule has 2 unspecified atom stereocenters. The van der Waals surface area contributed by atoms with Gasteiger partial charge in [0, 0.05) is 6.04 Å². The summed E-state index contributed by atoms with van der Waals surface area (Å²) in [5.74, 6) is 0.289. The minimum atomic E-state index is -0.294. The Hall–Kier alpha value is -2.82. The molecule has 1 saturated heterocycles. The summed E-state index contributed by atoms with van der Waals surface area (Å²) in [6.07, 6.45) is 5.15. The van der Waals surface area contributed by atoms with E-state index in [0.717, 1.165) is 30.4 Å². The normalized spacial score (nSPS) is 20.8. The number of amides is 1. The van der Waals surface area contributed by atoms with E-state index in [4.69, 9.17) is 9.47 Å². The van der Waals surface area contributed by atoms with Crippen LogP contribution in [-0.2, 0) is 11.3 Å². The van der Waals surface area contributed by atoms with Crippen molar-refractivity contribution in [2.75, 3.05) is 6.61 Å². The van der Waals surface area contributed by atoms with Crippen LogP contribution in [0.4, 0.5) is 9.18 Å². The van der Waals surface area contributed by atoms with Crippen LogP contribution in [0.25, 0.3) is 5.57 Å². The zero-order valence-corrected chi connectivity index (χ0v) is 16.6. The number of carbonyl (C=O) groups is 1. The first-order valence-electron chi connectivity index (χ1n) is 10.3. The van der Waals surface area contributed by atoms with Crippen LogP contribution in [0.5, 0.6) is 5.75 Å². The molecule has 2 aromatic rings. The molecular formula is C24H26FNO3. The van der Waals surface area contributed by atoms with E-state index in [1.165, 1.54) is 6.07 Å². The summed E-state index contributed by atoms with van der Waals surface area (Å²) in [5.41, 5.74) is 2.42. The Morgan fingerprint density at radius 2 is 1.97 bits per heavy atom. The van der Waals surface area contributed by atoms with Crippen LogP contribution >= 0.6 is 0 Å². The molecule has 1 fully saturated rings. The summed E-state index contributed by atoms with van der Waals surface area (Å²) in [6.45, 7) is 2.63. The van der Waals surface area contributed by atoms with Gasteiger partial charge in [0.15, 0.2) is 0 Å². The highest BCUT2D eigenvalue weighted by molar-refractivity contribution is 5.77. The number of ether oxygens (including phenoxy) is 2. The van der Waals surface area contributed by atoms with Gasteiger partial charge in [-0.05, 0) is 55.9 Å². The first-order valence-corrected chi connectivity index (χ1v) is 10.3. The number of rotatable bonds is 5. The molecule has 2 aliphatic heterocycles. The van der Waals surface area contributed by atoms with Gasteiger partial charge in [-0.15, -0.1) is 0 Å². The number of piperidine rings is 1. The van der Waals surface area contributed by atoms with Crippen LogP contribution in [0.1, 0.15) is 43.7 Å². The van der Waals surface area contributed by atoms with Crippen molar-refractivity contribution in [2.45, 2.75) is 51.3 Å². The fourth-order valence-electron chi connectivity index (χ4n) is 4.39. The van der Waals surface area contributed by atoms with Crippen molar-refractivity contribution >= 4 is 11.7 Å². The molecule has 2 aliphatic rings. The van der Waals surface area contributed by atoms with Crippen molar-refractivity contribution in [3.63, 3.8) is 0 Å². The summed E-state index contributed by atoms with van der Waals surface area (Å²) in [5, 5.41) is 0. The highest BCUT2D eigenvalue weighted by Gasteiger charge is 2.39. The minimum absolute atomic E-state index is 0.0195. The average Bonchev–Trinajstić information content (AvgIpc) is 2.72. The Labute approximate surface area is 170 Å². The third-order valence-electron chi connectivity index (χ3n) is 5.65. The summed E-state index contributed by atoms with van der Waals surface area (Å²) in [4.78, 5) is 14.7. The van der Waals surface area contributed by atoms with Crippen molar-refractivity contribution in [1.82, 2.24) is 4.90 Å². The molecule has 2 bridgehead atoms. The van der Waals surface area contributed by atoms with Gasteiger partial charge >= 0.3 is 6.09 Å². The van der Waals surface area contributed by atoms with E-state index in [0.29, 0.717) is 24.3 Å². The number of halogens is 1. The molecule has 0 N–H and O–H groups in total. The molecular weight excluding hydrogens is 369 g/mol. The third kappa shape index (κ3) is 4.14. The quantitative estimate of drug-likeness (QED) is 0.664. The van der Waals surface area contributed by atoms with E-state index in [2.05, 4.69) is 0 Å². The Morgan fingerprint density at radius 3 is 2.72 bits per heavy atom. The summed E-state index contributed by atoms with van der Waals surface area (Å²) >= 11 is 0. The summed E-state index contributed by atoms with van der Waals surface area (Å²) in [7, 11) is 0. The molecule has 0 saturated carbocycles. The average molecular weight is 395 g/mol. The van der Waals surface area contributed by atoms with Crippen molar-refractivity contribution in [1.29, 1.82) is 0 Å². The zero-order valence-electron chi connectivity index (χ0n) is 16.6. The summed E-state index contributed by atoms with van der Waals surface area (Å²) in [6, 6.07) is 14.6. The van der Waals surface area contributed by atoms with Gasteiger partial charge in [-0.3, -0.25) is 4.90 Å². The standard InChI is InChI=1S/C24H26FNO3/c1-2-28-22-13-7-12-21(25)23(22)18-14-19-10-6-11-20(15-18)26(19)24(27)29-16-17-8-4-3-5-9-17/h3-5,7-9,12-14,19-20H,2,6,10-11,15-16H2,1H3. The van der Waals surface area contributed by atoms with Gasteiger partial charge in [-0.25, -0.2) is 9.18 Å². The van der Waals surface area contributed by atoms with Gasteiger partial charge in [-0.2, -0.15) is 0 Å². The van der Waals surface area contributed by atoms with E-state index < -0.39 is 0 Å². The molecule has 4 nitrogen and oxygen atoms in total. The van der Waals surface area contributed by atoms with Crippen molar-refractivity contribution in [2.24, 2.45) is 0 Å². The smallest absolute Gasteiger partial charge is 0.410 e. The number of hydrogen-bond acceptors (Lipinski definition) is 3. The van der Waals surface area contributed by atoms with Crippen molar-refractivity contribution in [3.05, 3.63) is 71.6 Å². The number of benzene rings is 2. The molecule has 2 heterocycles. The van der Waals surface area contributed by atoms with Gasteiger partial charge in [0.2, 0.25) is 0 Å². The molecule has 1 amide bonds. The van der Waals surface area contributed by atoms with E-state index in [1.807, 2.05) is 48.2 Å². The number of nitrogens with zero attached hydrogens (tertiary/aromatic N) is 1. The fourth-order valence-corrected chi connectivity index (χ4v) is 4.39. The SMILES string of the molecule is CCOc1cccc(F)c1C1=CC2CCCC(C1)N2C(=O)OCc1ccccc1. The maximum absolute atomic E-state index is 14.7. The first-order chi connectivity index (χ1) is 14.2. The predicted molar refractivity (Wildman–Crippen MR) is 110 cm³/mol. The lowest BCUT2D eigenvalue weighted by atomic mass is 9.82. The maximum atomic E-state index is 14.7. The molecule has 0 spiro atoms. The second kappa shape index (κ2) is 8.68. The fraction of sp³-hybridized carbons (Fsp3) is 0.375. The van der Waals surface area contributed by atoms with Gasteiger partial charge in [0.1, 0.15) is 18.2 Å². The van der Waals surface area contributed by atoms with E-state index in [9.17, 15) is 9.18 Å². The highest BCUT2D eigenvalue weighted by atomic mass is 19.1. The number of carbonyl (C=O) groups excluding carboxylic acids is 1. The third-order valence-corrected chi connectivity index (χ3v) is 5.65. The van der Waals surface area contributed by atoms with Crippen LogP contribution in [0.3, 0.4) is 0 Å². The first kappa shape index (κ1) is 19.5. The van der Waals surface area contributed by atoms with Crippen molar-refractivity contribution in [3.8, 4) is 5.75 Å². The highest BCUT2D eigenvalue weighted by Crippen LogP contribution is 2.41. The molecule has 2 atom stereocenters. The van der Waals surface area contributed by atoms with Gasteiger partial charge < -0.3 is 9.47 Å². The Balaban J connectivity index is 1.56. The molecule has 0 aromatic heterocycles. The molecule has 2 aromatic carbocycles. The molecule has 0 radical (unpaired) electrons. The van der Waals surface area contributed by atoms with Crippen LogP contribution in [0.2, 0.25) is 0 Å². The lowest BCUT2D eigenvalue weighted by Crippen LogP contribution is -2.51. The Kier molecular flexibility index (Phi) is 5.84. The Bertz CT molecular complexity index is 896. The molecule has 0 aliphatic carbocycles. The van der Waals surface area contributed by atoms with Gasteiger partial charge in [0.05, 0.1) is 18.2 Å². The monoisotopic (exact) mass is 395 g/mol. The van der Waals surface area contributed by atoms with Crippen LogP contribution in [-0.4, -0.2) is 29.7 Å². The van der Waals surface area contributed by atoms with E-state index in [1.54, 1.807) is 12.1 Å². The van der Waals surface area contributed by atoms with E-state index in [-0.39, 0.29) is 30.6 Å². The van der Waals surface area contributed by atoms with Gasteiger partial charge in [-0.1, -0.05) is 42.5 Å². The second-order valence-electron chi connectivity index (χ2n) is 7.54. The number of fused-ring (bicyclic) bond motifs is 2. The maximum Gasteiger partial charge on any atom is 0.410 e. The van der Waals surface area contributed by atoms with Crippen LogP contribution in [0, 0.1) is 5.82 Å². The summed E-state index contributed by atoms with van der Waals surface area (Å²) < 4.78 is 25.9. The number of hydrogen-bond donors (Lipinski definition) is 0. The molecule has 4 rings (SSSR count). The second-order valence-corrected chi connectivity index (χ2v) is 7.54. The van der Waals surface area contributed by atoms with Crippen molar-refractivity contribution < 1.29 is 18.7 Å². The Morgan fingerprint density at radius 1 is 1.14 bits per heavy atom. The molecule has 5 heteroatoms. The minimum Gasteiger partial charge on any atom is -0.493 e. The lowest BCUT2D eigenvalue weighted by molar-refractivity contribution is 0.0510. The molecule has 152 valence electrons. The molecule has 29 heavy (non-hydrogen) atoms. The van der Waals surface area contributed by atoms with Crippen LogP contribution in [0.15, 0.2) is 54.6 Å². The van der Waals surface area contributed by atoms with E-state index >= 15 is 0 Å². The zero-order chi connectivity index (χ0) is 20.2. The topological polar surface area (TPSA) is 38.8 Å². The lowest BCUT2D eigenvalue weighted by Gasteiger charge is -2.44.